The largest absolute Gasteiger partial charge is 0.478 e. The molecule has 6 nitrogen and oxygen atoms in total. The number of carbonyl (C=O) groups is 3. The molecule has 0 aliphatic heterocycles. The number of thioether (sulfide) groups is 1. The van der Waals surface area contributed by atoms with Crippen molar-refractivity contribution in [1.82, 2.24) is 0 Å². The maximum absolute atomic E-state index is 13.9. The van der Waals surface area contributed by atoms with Gasteiger partial charge in [0, 0.05) is 16.3 Å². The number of carbonyl (C=O) groups excluding carboxylic acids is 2. The van der Waals surface area contributed by atoms with E-state index >= 15 is 0 Å². The first kappa shape index (κ1) is 25.9. The Balaban J connectivity index is 1.51. The molecular formula is C28H20ClFN2O4S. The molecule has 2 amide bonds. The van der Waals surface area contributed by atoms with E-state index in [0.717, 1.165) is 10.5 Å². The zero-order chi connectivity index (χ0) is 26.4. The van der Waals surface area contributed by atoms with Gasteiger partial charge in [0.1, 0.15) is 11.1 Å². The molecule has 0 saturated heterocycles. The number of rotatable bonds is 8. The Labute approximate surface area is 221 Å². The molecule has 0 aromatic heterocycles. The SMILES string of the molecule is O=C(Nc1ccc(SC(C(=O)Nc2ccc(Cl)c(C(=O)O)c2)c2ccccc2)cc1)c1ccccc1F. The molecule has 0 radical (unpaired) electrons. The third-order valence-electron chi connectivity index (χ3n) is 5.29. The van der Waals surface area contributed by atoms with Crippen LogP contribution in [0.1, 0.15) is 31.5 Å². The van der Waals surface area contributed by atoms with Gasteiger partial charge in [0.25, 0.3) is 5.91 Å². The molecule has 0 fully saturated rings. The van der Waals surface area contributed by atoms with Gasteiger partial charge in [-0.2, -0.15) is 0 Å². The average Bonchev–Trinajstić information content (AvgIpc) is 2.89. The lowest BCUT2D eigenvalue weighted by molar-refractivity contribution is -0.115. The summed E-state index contributed by atoms with van der Waals surface area (Å²) < 4.78 is 13.9. The number of hydrogen-bond donors (Lipinski definition) is 3. The fraction of sp³-hybridized carbons (Fsp3) is 0.0357. The van der Waals surface area contributed by atoms with Crippen LogP contribution in [-0.4, -0.2) is 22.9 Å². The normalized spacial score (nSPS) is 11.4. The molecule has 4 rings (SSSR count). The number of benzene rings is 4. The predicted molar refractivity (Wildman–Crippen MR) is 143 cm³/mol. The summed E-state index contributed by atoms with van der Waals surface area (Å²) in [5.41, 5.74) is 1.35. The quantitative estimate of drug-likeness (QED) is 0.214. The van der Waals surface area contributed by atoms with Gasteiger partial charge in [-0.25, -0.2) is 9.18 Å². The number of carboxylic acids is 1. The third-order valence-corrected chi connectivity index (χ3v) is 6.89. The lowest BCUT2D eigenvalue weighted by Gasteiger charge is -2.18. The Hall–Kier alpha value is -4.14. The van der Waals surface area contributed by atoms with Crippen molar-refractivity contribution in [2.45, 2.75) is 10.1 Å². The third kappa shape index (κ3) is 6.55. The summed E-state index contributed by atoms with van der Waals surface area (Å²) in [4.78, 5) is 37.8. The molecule has 1 unspecified atom stereocenters. The fourth-order valence-corrected chi connectivity index (χ4v) is 4.70. The highest BCUT2D eigenvalue weighted by atomic mass is 35.5. The fourth-order valence-electron chi connectivity index (χ4n) is 3.47. The summed E-state index contributed by atoms with van der Waals surface area (Å²) in [7, 11) is 0. The maximum Gasteiger partial charge on any atom is 0.337 e. The van der Waals surface area contributed by atoms with Crippen molar-refractivity contribution >= 4 is 52.5 Å². The molecule has 37 heavy (non-hydrogen) atoms. The standard InChI is InChI=1S/C28H20ClFN2O4S/c29-23-15-12-19(16-22(23)28(35)36)32-27(34)25(17-6-2-1-3-7-17)37-20-13-10-18(11-14-20)31-26(33)21-8-4-5-9-24(21)30/h1-16,25H,(H,31,33)(H,32,34)(H,35,36). The molecule has 0 bridgehead atoms. The minimum Gasteiger partial charge on any atom is -0.478 e. The number of nitrogens with one attached hydrogen (secondary N) is 2. The van der Waals surface area contributed by atoms with Crippen molar-refractivity contribution in [3.63, 3.8) is 0 Å². The number of carboxylic acid groups (broad SMARTS) is 1. The summed E-state index contributed by atoms with van der Waals surface area (Å²) in [5, 5.41) is 14.2. The van der Waals surface area contributed by atoms with Crippen LogP contribution in [0.25, 0.3) is 0 Å². The van der Waals surface area contributed by atoms with E-state index in [-0.39, 0.29) is 22.1 Å². The van der Waals surface area contributed by atoms with E-state index in [1.54, 1.807) is 30.3 Å². The molecule has 0 heterocycles. The van der Waals surface area contributed by atoms with E-state index in [9.17, 15) is 23.9 Å². The summed E-state index contributed by atoms with van der Waals surface area (Å²) in [6, 6.07) is 25.9. The minimum atomic E-state index is -1.20. The van der Waals surface area contributed by atoms with Crippen LogP contribution in [0.3, 0.4) is 0 Å². The summed E-state index contributed by atoms with van der Waals surface area (Å²) in [6.07, 6.45) is 0. The zero-order valence-electron chi connectivity index (χ0n) is 19.2. The number of aromatic carboxylic acids is 1. The van der Waals surface area contributed by atoms with Gasteiger partial charge in [0.05, 0.1) is 16.1 Å². The van der Waals surface area contributed by atoms with E-state index in [2.05, 4.69) is 10.6 Å². The van der Waals surface area contributed by atoms with E-state index in [4.69, 9.17) is 11.6 Å². The van der Waals surface area contributed by atoms with Crippen molar-refractivity contribution in [2.24, 2.45) is 0 Å². The monoisotopic (exact) mass is 534 g/mol. The lowest BCUT2D eigenvalue weighted by Crippen LogP contribution is -2.19. The van der Waals surface area contributed by atoms with Gasteiger partial charge in [-0.05, 0) is 60.2 Å². The van der Waals surface area contributed by atoms with E-state index in [0.29, 0.717) is 11.4 Å². The number of amides is 2. The molecule has 186 valence electrons. The molecule has 0 spiro atoms. The van der Waals surface area contributed by atoms with Gasteiger partial charge in [-0.15, -0.1) is 11.8 Å². The number of anilines is 2. The van der Waals surface area contributed by atoms with Crippen molar-refractivity contribution in [2.75, 3.05) is 10.6 Å². The molecule has 0 aliphatic rings. The Morgan fingerprint density at radius 1 is 0.784 bits per heavy atom. The Morgan fingerprint density at radius 2 is 1.43 bits per heavy atom. The van der Waals surface area contributed by atoms with Crippen LogP contribution in [0.2, 0.25) is 5.02 Å². The predicted octanol–water partition coefficient (Wildman–Crippen LogP) is 6.90. The zero-order valence-corrected chi connectivity index (χ0v) is 20.7. The van der Waals surface area contributed by atoms with Crippen LogP contribution in [0.4, 0.5) is 15.8 Å². The van der Waals surface area contributed by atoms with Crippen LogP contribution in [0.5, 0.6) is 0 Å². The van der Waals surface area contributed by atoms with Crippen LogP contribution in [-0.2, 0) is 4.79 Å². The first-order chi connectivity index (χ1) is 17.8. The molecular weight excluding hydrogens is 515 g/mol. The second kappa shape index (κ2) is 11.7. The molecule has 4 aromatic carbocycles. The molecule has 0 saturated carbocycles. The number of halogens is 2. The Kier molecular flexibility index (Phi) is 8.22. The minimum absolute atomic E-state index is 0.0602. The van der Waals surface area contributed by atoms with E-state index < -0.39 is 22.9 Å². The lowest BCUT2D eigenvalue weighted by atomic mass is 10.1. The first-order valence-corrected chi connectivity index (χ1v) is 12.3. The Morgan fingerprint density at radius 3 is 2.11 bits per heavy atom. The van der Waals surface area contributed by atoms with Gasteiger partial charge in [0.15, 0.2) is 0 Å². The van der Waals surface area contributed by atoms with Crippen LogP contribution >= 0.6 is 23.4 Å². The highest BCUT2D eigenvalue weighted by Crippen LogP contribution is 2.37. The van der Waals surface area contributed by atoms with Crippen LogP contribution < -0.4 is 10.6 Å². The molecule has 1 atom stereocenters. The highest BCUT2D eigenvalue weighted by molar-refractivity contribution is 8.00. The summed E-state index contributed by atoms with van der Waals surface area (Å²) in [6.45, 7) is 0. The van der Waals surface area contributed by atoms with Gasteiger partial charge in [-0.3, -0.25) is 9.59 Å². The topological polar surface area (TPSA) is 95.5 Å². The molecule has 4 aromatic rings. The number of hydrogen-bond acceptors (Lipinski definition) is 4. The molecule has 0 aliphatic carbocycles. The molecule has 3 N–H and O–H groups in total. The van der Waals surface area contributed by atoms with Gasteiger partial charge >= 0.3 is 5.97 Å². The van der Waals surface area contributed by atoms with Crippen LogP contribution in [0.15, 0.2) is 102 Å². The van der Waals surface area contributed by atoms with Crippen molar-refractivity contribution in [1.29, 1.82) is 0 Å². The Bertz CT molecular complexity index is 1450. The smallest absolute Gasteiger partial charge is 0.337 e. The van der Waals surface area contributed by atoms with Gasteiger partial charge in [-0.1, -0.05) is 54.1 Å². The van der Waals surface area contributed by atoms with Crippen molar-refractivity contribution < 1.29 is 23.9 Å². The maximum atomic E-state index is 13.9. The molecule has 9 heteroatoms. The van der Waals surface area contributed by atoms with Crippen molar-refractivity contribution in [3.05, 3.63) is 125 Å². The van der Waals surface area contributed by atoms with Gasteiger partial charge < -0.3 is 15.7 Å². The first-order valence-electron chi connectivity index (χ1n) is 11.0. The summed E-state index contributed by atoms with van der Waals surface area (Å²) >= 11 is 7.22. The highest BCUT2D eigenvalue weighted by Gasteiger charge is 2.23. The average molecular weight is 535 g/mol. The van der Waals surface area contributed by atoms with E-state index in [1.807, 2.05) is 30.3 Å². The van der Waals surface area contributed by atoms with Crippen LogP contribution in [0, 0.1) is 5.82 Å². The second-order valence-electron chi connectivity index (χ2n) is 7.86. The van der Waals surface area contributed by atoms with E-state index in [1.165, 1.54) is 48.2 Å². The summed E-state index contributed by atoms with van der Waals surface area (Å²) in [5.74, 6) is -2.73. The second-order valence-corrected chi connectivity index (χ2v) is 9.44. The van der Waals surface area contributed by atoms with Gasteiger partial charge in [0.2, 0.25) is 5.91 Å². The van der Waals surface area contributed by atoms with Crippen molar-refractivity contribution in [3.8, 4) is 0 Å².